The Balaban J connectivity index is 2.85. The van der Waals surface area contributed by atoms with E-state index in [-0.39, 0.29) is 13.2 Å². The second-order valence-electron chi connectivity index (χ2n) is 2.59. The molecule has 1 unspecified atom stereocenters. The van der Waals surface area contributed by atoms with E-state index in [0.717, 1.165) is 0 Å². The van der Waals surface area contributed by atoms with Crippen molar-refractivity contribution in [2.75, 3.05) is 46.2 Å². The minimum absolute atomic E-state index is 0.0253. The zero-order valence-electron chi connectivity index (χ0n) is 8.22. The number of ether oxygens (including phenoxy) is 3. The summed E-state index contributed by atoms with van der Waals surface area (Å²) in [6, 6.07) is 0. The molecule has 6 heteroatoms. The molecule has 0 amide bonds. The summed E-state index contributed by atoms with van der Waals surface area (Å²) in [6.07, 6.45) is -0.928. The van der Waals surface area contributed by atoms with E-state index in [4.69, 9.17) is 30.2 Å². The average Bonchev–Trinajstić information content (AvgIpc) is 2.15. The Morgan fingerprint density at radius 1 is 0.929 bits per heavy atom. The number of hydrogen-bond donors (Lipinski definition) is 3. The Labute approximate surface area is 83.6 Å². The molecule has 0 saturated heterocycles. The van der Waals surface area contributed by atoms with Gasteiger partial charge in [0, 0.05) is 0 Å². The van der Waals surface area contributed by atoms with Crippen LogP contribution in [-0.2, 0) is 14.2 Å². The fraction of sp³-hybridized carbons (Fsp3) is 1.00. The van der Waals surface area contributed by atoms with E-state index in [1.807, 2.05) is 0 Å². The predicted octanol–water partition coefficient (Wildman–Crippen LogP) is -1.69. The molecule has 0 fully saturated rings. The summed E-state index contributed by atoms with van der Waals surface area (Å²) >= 11 is 0. The SMILES string of the molecule is NC(O)COCCOCCOCCO. The Bertz CT molecular complexity index is 112. The Kier molecular flexibility index (Phi) is 10.7. The second-order valence-corrected chi connectivity index (χ2v) is 2.59. The summed E-state index contributed by atoms with van der Waals surface area (Å²) in [7, 11) is 0. The lowest BCUT2D eigenvalue weighted by atomic mass is 10.6. The molecule has 0 aromatic rings. The first-order valence-corrected chi connectivity index (χ1v) is 4.55. The predicted molar refractivity (Wildman–Crippen MR) is 49.7 cm³/mol. The molecule has 0 aliphatic heterocycles. The summed E-state index contributed by atoms with van der Waals surface area (Å²) in [5.41, 5.74) is 5.03. The van der Waals surface area contributed by atoms with Gasteiger partial charge in [0.1, 0.15) is 6.23 Å². The van der Waals surface area contributed by atoms with Gasteiger partial charge >= 0.3 is 0 Å². The van der Waals surface area contributed by atoms with Gasteiger partial charge in [0.25, 0.3) is 0 Å². The Morgan fingerprint density at radius 2 is 1.43 bits per heavy atom. The van der Waals surface area contributed by atoms with E-state index in [1.54, 1.807) is 0 Å². The zero-order valence-corrected chi connectivity index (χ0v) is 8.22. The van der Waals surface area contributed by atoms with Crippen molar-refractivity contribution in [1.29, 1.82) is 0 Å². The van der Waals surface area contributed by atoms with Crippen LogP contribution in [0.5, 0.6) is 0 Å². The molecular weight excluding hydrogens is 190 g/mol. The van der Waals surface area contributed by atoms with Crippen molar-refractivity contribution in [1.82, 2.24) is 0 Å². The zero-order chi connectivity index (χ0) is 10.6. The average molecular weight is 209 g/mol. The molecule has 14 heavy (non-hydrogen) atoms. The Hall–Kier alpha value is -0.240. The molecule has 6 nitrogen and oxygen atoms in total. The van der Waals surface area contributed by atoms with Gasteiger partial charge in [-0.1, -0.05) is 0 Å². The molecule has 0 aliphatic rings. The summed E-state index contributed by atoms with van der Waals surface area (Å²) in [5.74, 6) is 0. The molecule has 1 atom stereocenters. The number of nitrogens with two attached hydrogens (primary N) is 1. The van der Waals surface area contributed by atoms with Gasteiger partial charge in [-0.05, 0) is 0 Å². The molecule has 0 radical (unpaired) electrons. The van der Waals surface area contributed by atoms with E-state index >= 15 is 0 Å². The molecule has 0 bridgehead atoms. The molecule has 0 saturated carbocycles. The number of hydrogen-bond acceptors (Lipinski definition) is 6. The van der Waals surface area contributed by atoms with Gasteiger partial charge in [0.2, 0.25) is 0 Å². The van der Waals surface area contributed by atoms with Crippen molar-refractivity contribution >= 4 is 0 Å². The van der Waals surface area contributed by atoms with Crippen molar-refractivity contribution in [2.24, 2.45) is 5.73 Å². The van der Waals surface area contributed by atoms with Crippen molar-refractivity contribution in [2.45, 2.75) is 6.23 Å². The van der Waals surface area contributed by atoms with Crippen molar-refractivity contribution in [3.63, 3.8) is 0 Å². The molecule has 86 valence electrons. The van der Waals surface area contributed by atoms with Gasteiger partial charge in [-0.15, -0.1) is 0 Å². The largest absolute Gasteiger partial charge is 0.394 e. The monoisotopic (exact) mass is 209 g/mol. The smallest absolute Gasteiger partial charge is 0.126 e. The molecular formula is C8H19NO5. The minimum atomic E-state index is -0.928. The summed E-state index contributed by atoms with van der Waals surface area (Å²) < 4.78 is 15.0. The van der Waals surface area contributed by atoms with Crippen molar-refractivity contribution in [3.05, 3.63) is 0 Å². The standard InChI is InChI=1S/C8H19NO5/c9-8(11)7-14-6-5-13-4-3-12-2-1-10/h8,10-11H,1-7,9H2. The van der Waals surface area contributed by atoms with Crippen LogP contribution in [0.25, 0.3) is 0 Å². The van der Waals surface area contributed by atoms with Gasteiger partial charge in [-0.25, -0.2) is 0 Å². The molecule has 0 rings (SSSR count). The van der Waals surface area contributed by atoms with E-state index in [2.05, 4.69) is 0 Å². The van der Waals surface area contributed by atoms with Crippen LogP contribution in [0.1, 0.15) is 0 Å². The maximum absolute atomic E-state index is 8.62. The molecule has 0 aliphatic carbocycles. The van der Waals surface area contributed by atoms with Crippen molar-refractivity contribution in [3.8, 4) is 0 Å². The third-order valence-electron chi connectivity index (χ3n) is 1.27. The summed E-state index contributed by atoms with van der Waals surface area (Å²) in [5, 5.41) is 17.0. The van der Waals surface area contributed by atoms with Crippen molar-refractivity contribution < 1.29 is 24.4 Å². The molecule has 0 aromatic carbocycles. The van der Waals surface area contributed by atoms with Crippen LogP contribution >= 0.6 is 0 Å². The van der Waals surface area contributed by atoms with Crippen LogP contribution < -0.4 is 5.73 Å². The lowest BCUT2D eigenvalue weighted by Crippen LogP contribution is -2.26. The molecule has 0 spiro atoms. The first-order valence-electron chi connectivity index (χ1n) is 4.55. The fourth-order valence-electron chi connectivity index (χ4n) is 0.708. The quantitative estimate of drug-likeness (QED) is 0.293. The first-order chi connectivity index (χ1) is 6.77. The minimum Gasteiger partial charge on any atom is -0.394 e. The van der Waals surface area contributed by atoms with Crippen LogP contribution in [-0.4, -0.2) is 62.7 Å². The second kappa shape index (κ2) is 10.8. The Morgan fingerprint density at radius 3 is 1.93 bits per heavy atom. The topological polar surface area (TPSA) is 94.2 Å². The summed E-state index contributed by atoms with van der Waals surface area (Å²) in [4.78, 5) is 0. The number of aliphatic hydroxyl groups is 2. The maximum atomic E-state index is 8.62. The van der Waals surface area contributed by atoms with Crippen LogP contribution in [0.3, 0.4) is 0 Å². The summed E-state index contributed by atoms with van der Waals surface area (Å²) in [6.45, 7) is 2.24. The molecule has 0 heterocycles. The van der Waals surface area contributed by atoms with E-state index in [1.165, 1.54) is 0 Å². The highest BCUT2D eigenvalue weighted by Crippen LogP contribution is 1.81. The van der Waals surface area contributed by atoms with Crippen LogP contribution in [0.15, 0.2) is 0 Å². The number of rotatable bonds is 10. The van der Waals surface area contributed by atoms with Gasteiger partial charge in [0.05, 0.1) is 46.2 Å². The van der Waals surface area contributed by atoms with Crippen LogP contribution in [0.2, 0.25) is 0 Å². The highest BCUT2D eigenvalue weighted by molar-refractivity contribution is 4.39. The van der Waals surface area contributed by atoms with Gasteiger partial charge < -0.3 is 30.2 Å². The normalized spacial score (nSPS) is 13.1. The van der Waals surface area contributed by atoms with E-state index < -0.39 is 6.23 Å². The van der Waals surface area contributed by atoms with Gasteiger partial charge in [-0.2, -0.15) is 0 Å². The lowest BCUT2D eigenvalue weighted by molar-refractivity contribution is -0.0113. The first kappa shape index (κ1) is 13.8. The molecule has 0 aromatic heterocycles. The highest BCUT2D eigenvalue weighted by atomic mass is 16.5. The lowest BCUT2D eigenvalue weighted by Gasteiger charge is -2.07. The molecule has 4 N–H and O–H groups in total. The van der Waals surface area contributed by atoms with Gasteiger partial charge in [-0.3, -0.25) is 0 Å². The third-order valence-corrected chi connectivity index (χ3v) is 1.27. The van der Waals surface area contributed by atoms with E-state index in [0.29, 0.717) is 33.0 Å². The maximum Gasteiger partial charge on any atom is 0.126 e. The van der Waals surface area contributed by atoms with Crippen LogP contribution in [0, 0.1) is 0 Å². The van der Waals surface area contributed by atoms with E-state index in [9.17, 15) is 0 Å². The number of aliphatic hydroxyl groups excluding tert-OH is 2. The third kappa shape index (κ3) is 11.8. The fourth-order valence-corrected chi connectivity index (χ4v) is 0.708. The van der Waals surface area contributed by atoms with Gasteiger partial charge in [0.15, 0.2) is 0 Å². The van der Waals surface area contributed by atoms with Crippen LogP contribution in [0.4, 0.5) is 0 Å². The highest BCUT2D eigenvalue weighted by Gasteiger charge is 1.95.